The molecule has 0 fully saturated rings. The van der Waals surface area contributed by atoms with E-state index >= 15 is 0 Å². The molecule has 1 aliphatic carbocycles. The Labute approximate surface area is 202 Å². The number of hydrogen-bond acceptors (Lipinski definition) is 5. The number of amides is 2. The number of rotatable bonds is 9. The molecule has 4 rings (SSSR count). The quantitative estimate of drug-likeness (QED) is 0.393. The highest BCUT2D eigenvalue weighted by Gasteiger charge is 2.29. The summed E-state index contributed by atoms with van der Waals surface area (Å²) in [7, 11) is 0. The Morgan fingerprint density at radius 1 is 1.00 bits per heavy atom. The van der Waals surface area contributed by atoms with E-state index in [9.17, 15) is 19.5 Å². The Balaban J connectivity index is 1.39. The van der Waals surface area contributed by atoms with Gasteiger partial charge in [-0.05, 0) is 47.2 Å². The summed E-state index contributed by atoms with van der Waals surface area (Å²) in [6.45, 7) is 3.70. The van der Waals surface area contributed by atoms with Gasteiger partial charge in [0, 0.05) is 5.92 Å². The van der Waals surface area contributed by atoms with E-state index in [0.717, 1.165) is 22.3 Å². The maximum absolute atomic E-state index is 12.5. The number of aliphatic carboxylic acids is 1. The third kappa shape index (κ3) is 5.38. The minimum Gasteiger partial charge on any atom is -0.480 e. The van der Waals surface area contributed by atoms with Crippen molar-refractivity contribution >= 4 is 23.8 Å². The van der Waals surface area contributed by atoms with E-state index in [-0.39, 0.29) is 30.5 Å². The average molecular weight is 472 g/mol. The number of carboxylic acid groups (broad SMARTS) is 1. The van der Waals surface area contributed by atoms with E-state index in [1.165, 1.54) is 12.1 Å². The first kappa shape index (κ1) is 23.7. The van der Waals surface area contributed by atoms with Crippen LogP contribution >= 0.6 is 0 Å². The maximum atomic E-state index is 12.5. The van der Waals surface area contributed by atoms with E-state index in [0.29, 0.717) is 6.42 Å². The molecule has 0 saturated carbocycles. The number of aromatic nitrogens is 1. The molecule has 1 unspecified atom stereocenters. The number of anilines is 1. The molecule has 8 heteroatoms. The second-order valence-electron chi connectivity index (χ2n) is 8.09. The summed E-state index contributed by atoms with van der Waals surface area (Å²) < 4.78 is 5.51. The third-order valence-corrected chi connectivity index (χ3v) is 5.82. The molecule has 2 aromatic carbocycles. The number of carbonyl (C=O) groups is 3. The van der Waals surface area contributed by atoms with Crippen LogP contribution in [0.15, 0.2) is 79.4 Å². The predicted octanol–water partition coefficient (Wildman–Crippen LogP) is 4.59. The Kier molecular flexibility index (Phi) is 7.21. The molecular formula is C27H25N3O5. The summed E-state index contributed by atoms with van der Waals surface area (Å²) in [6, 6.07) is 19.5. The summed E-state index contributed by atoms with van der Waals surface area (Å²) in [6.07, 6.45) is 1.53. The first-order valence-corrected chi connectivity index (χ1v) is 11.2. The van der Waals surface area contributed by atoms with Crippen LogP contribution < -0.4 is 10.6 Å². The number of nitrogens with zero attached hydrogens (tertiary/aromatic N) is 1. The first-order valence-electron chi connectivity index (χ1n) is 11.2. The van der Waals surface area contributed by atoms with E-state index in [1.807, 2.05) is 36.4 Å². The van der Waals surface area contributed by atoms with Gasteiger partial charge in [0.2, 0.25) is 0 Å². The van der Waals surface area contributed by atoms with E-state index < -0.39 is 24.0 Å². The lowest BCUT2D eigenvalue weighted by Gasteiger charge is -2.15. The summed E-state index contributed by atoms with van der Waals surface area (Å²) in [5.74, 6) is -1.76. The monoisotopic (exact) mass is 471 g/mol. The van der Waals surface area contributed by atoms with E-state index in [4.69, 9.17) is 4.74 Å². The van der Waals surface area contributed by atoms with Gasteiger partial charge in [0.1, 0.15) is 24.2 Å². The molecule has 1 aromatic heterocycles. The van der Waals surface area contributed by atoms with Gasteiger partial charge in [0.05, 0.1) is 0 Å². The summed E-state index contributed by atoms with van der Waals surface area (Å²) in [5.41, 5.74) is 4.44. The van der Waals surface area contributed by atoms with Crippen LogP contribution in [0.5, 0.6) is 0 Å². The van der Waals surface area contributed by atoms with Gasteiger partial charge in [0.15, 0.2) is 0 Å². The molecule has 0 aliphatic heterocycles. The van der Waals surface area contributed by atoms with Gasteiger partial charge < -0.3 is 15.2 Å². The van der Waals surface area contributed by atoms with Crippen LogP contribution in [0.3, 0.4) is 0 Å². The molecule has 2 amide bonds. The molecule has 0 saturated heterocycles. The minimum absolute atomic E-state index is 0.0219. The maximum Gasteiger partial charge on any atom is 0.412 e. The zero-order valence-corrected chi connectivity index (χ0v) is 18.9. The molecule has 8 nitrogen and oxygen atoms in total. The molecule has 1 atom stereocenters. The largest absolute Gasteiger partial charge is 0.480 e. The average Bonchev–Trinajstić information content (AvgIpc) is 3.19. The number of carbonyl (C=O) groups excluding carboxylic acids is 2. The molecule has 3 aromatic rings. The number of nitrogens with one attached hydrogen (secondary N) is 2. The highest BCUT2D eigenvalue weighted by molar-refractivity contribution is 5.95. The molecule has 0 spiro atoms. The fourth-order valence-electron chi connectivity index (χ4n) is 4.14. The number of ether oxygens (including phenoxy) is 1. The second-order valence-corrected chi connectivity index (χ2v) is 8.09. The Hall–Kier alpha value is -4.46. The van der Waals surface area contributed by atoms with Crippen LogP contribution in [0, 0.1) is 0 Å². The standard InChI is InChI=1S/C27H25N3O5/c1-2-3-13-23(26(32)33)29-25(31)22-14-8-15-24(28-22)30-27(34)35-16-21-19-11-6-4-9-17(19)18-10-5-7-12-20(18)21/h2,4-12,14-15,21,23H,1,3,13,16H2,(H,29,31)(H,32,33)(H,28,30,34). The molecule has 35 heavy (non-hydrogen) atoms. The van der Waals surface area contributed by atoms with Crippen molar-refractivity contribution in [3.63, 3.8) is 0 Å². The summed E-state index contributed by atoms with van der Waals surface area (Å²) >= 11 is 0. The van der Waals surface area contributed by atoms with Crippen molar-refractivity contribution in [3.05, 3.63) is 96.2 Å². The van der Waals surface area contributed by atoms with Crippen LogP contribution in [0.1, 0.15) is 40.4 Å². The van der Waals surface area contributed by atoms with Gasteiger partial charge in [-0.3, -0.25) is 10.1 Å². The normalized spacial score (nSPS) is 12.7. The van der Waals surface area contributed by atoms with Crippen molar-refractivity contribution in [2.24, 2.45) is 0 Å². The molecule has 0 radical (unpaired) electrons. The minimum atomic E-state index is -1.15. The lowest BCUT2D eigenvalue weighted by atomic mass is 9.98. The van der Waals surface area contributed by atoms with Crippen molar-refractivity contribution < 1.29 is 24.2 Å². The molecule has 178 valence electrons. The highest BCUT2D eigenvalue weighted by Crippen LogP contribution is 2.44. The Bertz CT molecular complexity index is 1230. The number of allylic oxidation sites excluding steroid dienone is 1. The van der Waals surface area contributed by atoms with Crippen molar-refractivity contribution in [3.8, 4) is 11.1 Å². The van der Waals surface area contributed by atoms with Crippen molar-refractivity contribution in [1.29, 1.82) is 0 Å². The lowest BCUT2D eigenvalue weighted by molar-refractivity contribution is -0.139. The van der Waals surface area contributed by atoms with Gasteiger partial charge >= 0.3 is 12.1 Å². The van der Waals surface area contributed by atoms with Crippen LogP contribution in [-0.4, -0.2) is 40.7 Å². The zero-order chi connectivity index (χ0) is 24.8. The second kappa shape index (κ2) is 10.6. The van der Waals surface area contributed by atoms with Crippen LogP contribution in [0.25, 0.3) is 11.1 Å². The van der Waals surface area contributed by atoms with Gasteiger partial charge in [-0.25, -0.2) is 14.6 Å². The van der Waals surface area contributed by atoms with E-state index in [2.05, 4.69) is 34.3 Å². The fourth-order valence-corrected chi connectivity index (χ4v) is 4.14. The summed E-state index contributed by atoms with van der Waals surface area (Å²) in [4.78, 5) is 40.5. The summed E-state index contributed by atoms with van der Waals surface area (Å²) in [5, 5.41) is 14.3. The van der Waals surface area contributed by atoms with Gasteiger partial charge in [-0.15, -0.1) is 6.58 Å². The Morgan fingerprint density at radius 3 is 2.29 bits per heavy atom. The molecule has 3 N–H and O–H groups in total. The third-order valence-electron chi connectivity index (χ3n) is 5.82. The van der Waals surface area contributed by atoms with Crippen LogP contribution in [-0.2, 0) is 9.53 Å². The van der Waals surface area contributed by atoms with Crippen molar-refractivity contribution in [1.82, 2.24) is 10.3 Å². The highest BCUT2D eigenvalue weighted by atomic mass is 16.5. The first-order chi connectivity index (χ1) is 17.0. The lowest BCUT2D eigenvalue weighted by Crippen LogP contribution is -2.41. The number of carboxylic acids is 1. The zero-order valence-electron chi connectivity index (χ0n) is 18.9. The van der Waals surface area contributed by atoms with Gasteiger partial charge in [-0.1, -0.05) is 60.7 Å². The smallest absolute Gasteiger partial charge is 0.412 e. The SMILES string of the molecule is C=CCCC(NC(=O)c1cccc(NC(=O)OCC2c3ccccc3-c3ccccc32)n1)C(=O)O. The van der Waals surface area contributed by atoms with Crippen LogP contribution in [0.4, 0.5) is 10.6 Å². The predicted molar refractivity (Wildman–Crippen MR) is 131 cm³/mol. The Morgan fingerprint density at radius 2 is 1.66 bits per heavy atom. The fraction of sp³-hybridized carbons (Fsp3) is 0.185. The number of pyridine rings is 1. The molecule has 1 aliphatic rings. The van der Waals surface area contributed by atoms with Gasteiger partial charge in [-0.2, -0.15) is 0 Å². The van der Waals surface area contributed by atoms with Crippen LogP contribution in [0.2, 0.25) is 0 Å². The topological polar surface area (TPSA) is 118 Å². The van der Waals surface area contributed by atoms with Crippen molar-refractivity contribution in [2.45, 2.75) is 24.8 Å². The van der Waals surface area contributed by atoms with E-state index in [1.54, 1.807) is 12.1 Å². The number of hydrogen-bond donors (Lipinski definition) is 3. The van der Waals surface area contributed by atoms with Crippen molar-refractivity contribution in [2.75, 3.05) is 11.9 Å². The molecule has 0 bridgehead atoms. The number of fused-ring (bicyclic) bond motifs is 3. The molecular weight excluding hydrogens is 446 g/mol. The molecule has 1 heterocycles. The number of benzene rings is 2. The van der Waals surface area contributed by atoms with Gasteiger partial charge in [0.25, 0.3) is 5.91 Å².